The van der Waals surface area contributed by atoms with Crippen LogP contribution in [0.2, 0.25) is 15.1 Å². The zero-order valence-corrected chi connectivity index (χ0v) is 15.1. The molecule has 0 aromatic heterocycles. The molecule has 1 rings (SSSR count). The van der Waals surface area contributed by atoms with Gasteiger partial charge in [0.1, 0.15) is 5.56 Å². The number of carbonyl (C=O) groups excluding carboxylic acids is 2. The van der Waals surface area contributed by atoms with E-state index in [9.17, 15) is 9.59 Å². The first-order valence-corrected chi connectivity index (χ1v) is 7.95. The number of carbonyl (C=O) groups is 2. The number of halogens is 3. The average Bonchev–Trinajstić information content (AvgIpc) is 2.53. The maximum absolute atomic E-state index is 12.0. The van der Waals surface area contributed by atoms with Gasteiger partial charge in [0.05, 0.1) is 40.0 Å². The molecule has 0 spiro atoms. The lowest BCUT2D eigenvalue weighted by Crippen LogP contribution is -2.17. The second kappa shape index (κ2) is 9.48. The molecule has 9 heteroatoms. The monoisotopic (exact) mass is 390 g/mol. The Morgan fingerprint density at radius 2 is 1.88 bits per heavy atom. The van der Waals surface area contributed by atoms with E-state index in [1.54, 1.807) is 19.9 Å². The average molecular weight is 392 g/mol. The van der Waals surface area contributed by atoms with Crippen LogP contribution in [0.15, 0.2) is 11.1 Å². The van der Waals surface area contributed by atoms with Crippen molar-refractivity contribution < 1.29 is 19.1 Å². The first-order valence-electron chi connectivity index (χ1n) is 6.82. The van der Waals surface area contributed by atoms with E-state index in [1.165, 1.54) is 6.07 Å². The van der Waals surface area contributed by atoms with Gasteiger partial charge in [-0.25, -0.2) is 4.79 Å². The number of nitriles is 1. The molecule has 1 unspecified atom stereocenters. The Morgan fingerprint density at radius 1 is 1.25 bits per heavy atom. The number of hydrogen-bond donors (Lipinski definition) is 0. The Balaban J connectivity index is 3.26. The number of hydrogen-bond acceptors (Lipinski definition) is 6. The van der Waals surface area contributed by atoms with Crippen LogP contribution < -0.4 is 0 Å². The third kappa shape index (κ3) is 4.84. The fraction of sp³-hybridized carbons (Fsp3) is 0.333. The third-order valence-electron chi connectivity index (χ3n) is 2.66. The standard InChI is InChI=1S/C15H13Cl3N2O4/c1-3-23-14(21)8(6-19)7-20-10-5-9(16)12(17)11(13(10)18)15(22)24-4-2/h5,7-8H,3-4H2,1-2H3. The summed E-state index contributed by atoms with van der Waals surface area (Å²) >= 11 is 18.1. The maximum atomic E-state index is 12.0. The zero-order valence-electron chi connectivity index (χ0n) is 12.8. The molecule has 1 atom stereocenters. The lowest BCUT2D eigenvalue weighted by molar-refractivity contribution is -0.143. The zero-order chi connectivity index (χ0) is 18.3. The van der Waals surface area contributed by atoms with E-state index in [4.69, 9.17) is 49.5 Å². The van der Waals surface area contributed by atoms with Crippen LogP contribution in [0.3, 0.4) is 0 Å². The van der Waals surface area contributed by atoms with Crippen LogP contribution in [0, 0.1) is 17.2 Å². The molecule has 0 aliphatic carbocycles. The van der Waals surface area contributed by atoms with Crippen LogP contribution in [0.25, 0.3) is 0 Å². The van der Waals surface area contributed by atoms with Gasteiger partial charge in [-0.3, -0.25) is 9.79 Å². The van der Waals surface area contributed by atoms with Crippen molar-refractivity contribution in [2.45, 2.75) is 13.8 Å². The van der Waals surface area contributed by atoms with Crippen molar-refractivity contribution in [2.24, 2.45) is 10.9 Å². The van der Waals surface area contributed by atoms with Crippen LogP contribution >= 0.6 is 34.8 Å². The first-order chi connectivity index (χ1) is 11.4. The number of nitrogens with zero attached hydrogens (tertiary/aromatic N) is 2. The molecule has 6 nitrogen and oxygen atoms in total. The number of rotatable bonds is 6. The SMILES string of the molecule is CCOC(=O)c1c(Cl)c(Cl)cc(N=CC(C#N)C(=O)OCC)c1Cl. The topological polar surface area (TPSA) is 88.8 Å². The van der Waals surface area contributed by atoms with Crippen molar-refractivity contribution in [1.29, 1.82) is 5.26 Å². The fourth-order valence-electron chi connectivity index (χ4n) is 1.60. The quantitative estimate of drug-likeness (QED) is 0.411. The molecule has 0 aliphatic rings. The molecular weight excluding hydrogens is 379 g/mol. The fourth-order valence-corrected chi connectivity index (χ4v) is 2.35. The van der Waals surface area contributed by atoms with Gasteiger partial charge < -0.3 is 9.47 Å². The minimum atomic E-state index is -1.22. The Kier molecular flexibility index (Phi) is 7.99. The van der Waals surface area contributed by atoms with Gasteiger partial charge in [0.2, 0.25) is 0 Å². The molecule has 0 saturated heterocycles. The molecule has 0 bridgehead atoms. The summed E-state index contributed by atoms with van der Waals surface area (Å²) in [6.45, 7) is 3.49. The van der Waals surface area contributed by atoms with Crippen LogP contribution in [0.5, 0.6) is 0 Å². The molecule has 1 aromatic carbocycles. The second-order valence-electron chi connectivity index (χ2n) is 4.24. The summed E-state index contributed by atoms with van der Waals surface area (Å²) < 4.78 is 9.62. The molecule has 128 valence electrons. The highest BCUT2D eigenvalue weighted by molar-refractivity contribution is 6.47. The summed E-state index contributed by atoms with van der Waals surface area (Å²) in [6, 6.07) is 3.05. The molecule has 1 aromatic rings. The molecular formula is C15H13Cl3N2O4. The van der Waals surface area contributed by atoms with E-state index < -0.39 is 17.9 Å². The molecule has 0 saturated carbocycles. The second-order valence-corrected chi connectivity index (χ2v) is 5.40. The van der Waals surface area contributed by atoms with Gasteiger partial charge >= 0.3 is 11.9 Å². The predicted octanol–water partition coefficient (Wildman–Crippen LogP) is 4.23. The molecule has 0 N–H and O–H groups in total. The van der Waals surface area contributed by atoms with Gasteiger partial charge in [-0.2, -0.15) is 5.26 Å². The van der Waals surface area contributed by atoms with E-state index in [-0.39, 0.29) is 39.5 Å². The van der Waals surface area contributed by atoms with Crippen molar-refractivity contribution in [1.82, 2.24) is 0 Å². The molecule has 24 heavy (non-hydrogen) atoms. The lowest BCUT2D eigenvalue weighted by Gasteiger charge is -2.10. The first kappa shape index (κ1) is 20.2. The highest BCUT2D eigenvalue weighted by atomic mass is 35.5. The molecule has 0 heterocycles. The summed E-state index contributed by atoms with van der Waals surface area (Å²) in [7, 11) is 0. The van der Waals surface area contributed by atoms with E-state index in [1.807, 2.05) is 0 Å². The summed E-state index contributed by atoms with van der Waals surface area (Å²) in [5.74, 6) is -2.72. The van der Waals surface area contributed by atoms with Gasteiger partial charge in [-0.05, 0) is 19.9 Å². The predicted molar refractivity (Wildman–Crippen MR) is 91.3 cm³/mol. The normalized spacial score (nSPS) is 11.8. The van der Waals surface area contributed by atoms with Gasteiger partial charge in [0.15, 0.2) is 5.92 Å². The van der Waals surface area contributed by atoms with Crippen LogP contribution in [0.1, 0.15) is 24.2 Å². The van der Waals surface area contributed by atoms with Gasteiger partial charge in [-0.1, -0.05) is 34.8 Å². The van der Waals surface area contributed by atoms with E-state index in [0.29, 0.717) is 0 Å². The van der Waals surface area contributed by atoms with E-state index in [2.05, 4.69) is 4.99 Å². The minimum absolute atomic E-state index is 0.0286. The van der Waals surface area contributed by atoms with E-state index >= 15 is 0 Å². The smallest absolute Gasteiger partial charge is 0.341 e. The number of esters is 2. The van der Waals surface area contributed by atoms with Crippen LogP contribution in [-0.4, -0.2) is 31.4 Å². The minimum Gasteiger partial charge on any atom is -0.465 e. The Morgan fingerprint density at radius 3 is 2.42 bits per heavy atom. The highest BCUT2D eigenvalue weighted by Crippen LogP contribution is 2.39. The molecule has 0 aliphatic heterocycles. The maximum Gasteiger partial charge on any atom is 0.341 e. The van der Waals surface area contributed by atoms with Crippen molar-refractivity contribution in [2.75, 3.05) is 13.2 Å². The Labute approximate surface area is 153 Å². The van der Waals surface area contributed by atoms with E-state index in [0.717, 1.165) is 6.21 Å². The largest absolute Gasteiger partial charge is 0.465 e. The van der Waals surface area contributed by atoms with Gasteiger partial charge in [0, 0.05) is 6.21 Å². The van der Waals surface area contributed by atoms with Crippen molar-refractivity contribution >= 4 is 58.6 Å². The Bertz CT molecular complexity index is 714. The third-order valence-corrected chi connectivity index (χ3v) is 3.83. The Hall–Kier alpha value is -1.81. The summed E-state index contributed by atoms with van der Waals surface area (Å²) in [6.07, 6.45) is 1.05. The number of ether oxygens (including phenoxy) is 2. The molecule has 0 fully saturated rings. The molecule has 0 radical (unpaired) electrons. The van der Waals surface area contributed by atoms with Crippen molar-refractivity contribution in [3.05, 3.63) is 26.7 Å². The summed E-state index contributed by atoms with van der Waals surface area (Å²) in [5.41, 5.74) is -0.0665. The van der Waals surface area contributed by atoms with Crippen LogP contribution in [-0.2, 0) is 14.3 Å². The number of aliphatic imine (C=N–C) groups is 1. The van der Waals surface area contributed by atoms with Crippen LogP contribution in [0.4, 0.5) is 5.69 Å². The number of benzene rings is 1. The highest BCUT2D eigenvalue weighted by Gasteiger charge is 2.22. The summed E-state index contributed by atoms with van der Waals surface area (Å²) in [4.78, 5) is 27.5. The lowest BCUT2D eigenvalue weighted by atomic mass is 10.1. The molecule has 0 amide bonds. The van der Waals surface area contributed by atoms with Gasteiger partial charge in [0.25, 0.3) is 0 Å². The summed E-state index contributed by atoms with van der Waals surface area (Å²) in [5, 5.41) is 8.85. The van der Waals surface area contributed by atoms with Gasteiger partial charge in [-0.15, -0.1) is 0 Å². The van der Waals surface area contributed by atoms with Crippen molar-refractivity contribution in [3.63, 3.8) is 0 Å². The van der Waals surface area contributed by atoms with Crippen molar-refractivity contribution in [3.8, 4) is 6.07 Å².